The van der Waals surface area contributed by atoms with Crippen LogP contribution in [0.25, 0.3) is 0 Å². The van der Waals surface area contributed by atoms with Gasteiger partial charge in [-0.15, -0.1) is 0 Å². The second-order valence-corrected chi connectivity index (χ2v) is 6.86. The fraction of sp³-hybridized carbons (Fsp3) is 0.706. The van der Waals surface area contributed by atoms with Crippen LogP contribution < -0.4 is 33.9 Å². The summed E-state index contributed by atoms with van der Waals surface area (Å²) < 4.78 is 14.1. The fourth-order valence-corrected chi connectivity index (χ4v) is 2.27. The molecule has 0 unspecified atom stereocenters. The molecule has 1 N–H and O–H groups in total. The van der Waals surface area contributed by atoms with Crippen molar-refractivity contribution in [1.82, 2.24) is 9.88 Å². The Bertz CT molecular complexity index is 567. The third-order valence-electron chi connectivity index (χ3n) is 3.45. The van der Waals surface area contributed by atoms with Crippen molar-refractivity contribution in [2.24, 2.45) is 7.05 Å². The molecule has 0 saturated heterocycles. The molecule has 1 heterocycles. The second kappa shape index (κ2) is 10.6. The Hall–Kier alpha value is -1.32. The lowest BCUT2D eigenvalue weighted by molar-refractivity contribution is -0.697. The lowest BCUT2D eigenvalue weighted by Crippen LogP contribution is -3.00. The van der Waals surface area contributed by atoms with Crippen LogP contribution in [-0.2, 0) is 34.3 Å². The summed E-state index contributed by atoms with van der Waals surface area (Å²) in [5, 5.41) is 2.59. The number of imidazole rings is 1. The smallest absolute Gasteiger partial charge is 0.408 e. The Balaban J connectivity index is 0.00000576. The molecule has 1 aromatic heterocycles. The van der Waals surface area contributed by atoms with Gasteiger partial charge in [0.1, 0.15) is 23.5 Å². The van der Waals surface area contributed by atoms with E-state index in [1.54, 1.807) is 20.8 Å². The van der Waals surface area contributed by atoms with Crippen molar-refractivity contribution >= 4 is 12.1 Å². The SMILES string of the molecule is CCCC[n+]1cc(C[C@H](NC(=O)OC(C)(C)C)C(=O)OC)n(C)c1.[I-]. The second-order valence-electron chi connectivity index (χ2n) is 6.86. The van der Waals surface area contributed by atoms with Crippen LogP contribution in [0, 0.1) is 0 Å². The molecule has 8 heteroatoms. The molecule has 144 valence electrons. The van der Waals surface area contributed by atoms with Crippen molar-refractivity contribution in [3.05, 3.63) is 18.2 Å². The summed E-state index contributed by atoms with van der Waals surface area (Å²) in [5.41, 5.74) is 0.302. The van der Waals surface area contributed by atoms with Crippen LogP contribution in [-0.4, -0.2) is 35.4 Å². The monoisotopic (exact) mass is 467 g/mol. The molecule has 0 saturated carbocycles. The number of amides is 1. The van der Waals surface area contributed by atoms with Gasteiger partial charge < -0.3 is 38.8 Å². The van der Waals surface area contributed by atoms with Crippen molar-refractivity contribution in [2.75, 3.05) is 7.11 Å². The molecule has 0 aliphatic carbocycles. The number of carbonyl (C=O) groups is 2. The number of rotatable bonds is 7. The van der Waals surface area contributed by atoms with Crippen LogP contribution in [0.2, 0.25) is 0 Å². The Morgan fingerprint density at radius 3 is 2.52 bits per heavy atom. The van der Waals surface area contributed by atoms with Crippen molar-refractivity contribution in [3.8, 4) is 0 Å². The van der Waals surface area contributed by atoms with Gasteiger partial charge in [0.15, 0.2) is 0 Å². The first-order valence-corrected chi connectivity index (χ1v) is 8.28. The summed E-state index contributed by atoms with van der Waals surface area (Å²) in [4.78, 5) is 24.0. The van der Waals surface area contributed by atoms with E-state index in [-0.39, 0.29) is 24.0 Å². The van der Waals surface area contributed by atoms with Crippen molar-refractivity contribution in [3.63, 3.8) is 0 Å². The molecule has 0 aliphatic rings. The standard InChI is InChI=1S/C17H29N3O4.HI/c1-7-8-9-20-11-13(19(5)12-20)10-14(15(21)23-6)18-16(22)24-17(2,3)4;/h11-12,14H,7-10H2,1-6H3;1H/t14-;/m0./s1. The molecular weight excluding hydrogens is 437 g/mol. The van der Waals surface area contributed by atoms with Gasteiger partial charge in [0, 0.05) is 6.42 Å². The molecule has 1 rings (SSSR count). The highest BCUT2D eigenvalue weighted by atomic mass is 127. The highest BCUT2D eigenvalue weighted by Gasteiger charge is 2.27. The number of carbonyl (C=O) groups excluding carboxylic acids is 2. The first kappa shape index (κ1) is 23.7. The minimum absolute atomic E-state index is 0. The Morgan fingerprint density at radius 1 is 1.36 bits per heavy atom. The van der Waals surface area contributed by atoms with Crippen LogP contribution in [0.5, 0.6) is 0 Å². The predicted octanol–water partition coefficient (Wildman–Crippen LogP) is -1.27. The van der Waals surface area contributed by atoms with Crippen molar-refractivity contribution in [2.45, 2.75) is 65.1 Å². The average molecular weight is 467 g/mol. The van der Waals surface area contributed by atoms with Gasteiger partial charge in [0.2, 0.25) is 6.33 Å². The Labute approximate surface area is 167 Å². The highest BCUT2D eigenvalue weighted by molar-refractivity contribution is 5.81. The normalized spacial score (nSPS) is 12.1. The number of methoxy groups -OCH3 is 1. The van der Waals surface area contributed by atoms with Crippen LogP contribution in [0.3, 0.4) is 0 Å². The average Bonchev–Trinajstić information content (AvgIpc) is 2.81. The van der Waals surface area contributed by atoms with E-state index in [2.05, 4.69) is 16.8 Å². The number of halogens is 1. The molecule has 0 aromatic carbocycles. The van der Waals surface area contributed by atoms with Gasteiger partial charge in [-0.3, -0.25) is 0 Å². The number of aryl methyl sites for hydroxylation is 2. The predicted molar refractivity (Wildman–Crippen MR) is 89.4 cm³/mol. The third kappa shape index (κ3) is 8.55. The largest absolute Gasteiger partial charge is 1.00 e. The zero-order valence-corrected chi connectivity index (χ0v) is 18.1. The van der Waals surface area contributed by atoms with Gasteiger partial charge >= 0.3 is 12.1 Å². The topological polar surface area (TPSA) is 73.4 Å². The maximum Gasteiger partial charge on any atom is 0.408 e. The number of nitrogens with zero attached hydrogens (tertiary/aromatic N) is 2. The summed E-state index contributed by atoms with van der Waals surface area (Å²) in [5.74, 6) is -0.498. The van der Waals surface area contributed by atoms with Crippen LogP contribution in [0.15, 0.2) is 12.5 Å². The maximum absolute atomic E-state index is 12.0. The van der Waals surface area contributed by atoms with Crippen LogP contribution in [0.1, 0.15) is 46.2 Å². The molecule has 7 nitrogen and oxygen atoms in total. The van der Waals surface area contributed by atoms with E-state index < -0.39 is 23.7 Å². The van der Waals surface area contributed by atoms with Gasteiger partial charge in [-0.05, 0) is 27.2 Å². The van der Waals surface area contributed by atoms with E-state index >= 15 is 0 Å². The molecule has 1 aromatic rings. The minimum Gasteiger partial charge on any atom is -1.00 e. The van der Waals surface area contributed by atoms with Gasteiger partial charge in [-0.25, -0.2) is 18.7 Å². The van der Waals surface area contributed by atoms with Gasteiger partial charge in [0.05, 0.1) is 20.7 Å². The zero-order valence-electron chi connectivity index (χ0n) is 16.0. The van der Waals surface area contributed by atoms with E-state index in [9.17, 15) is 9.59 Å². The molecular formula is C17H30IN3O4. The van der Waals surface area contributed by atoms with E-state index in [1.165, 1.54) is 7.11 Å². The number of nitrogens with one attached hydrogen (secondary N) is 1. The lowest BCUT2D eigenvalue weighted by atomic mass is 10.1. The molecule has 1 amide bonds. The molecule has 0 fully saturated rings. The molecule has 25 heavy (non-hydrogen) atoms. The van der Waals surface area contributed by atoms with Gasteiger partial charge in [-0.2, -0.15) is 0 Å². The molecule has 1 atom stereocenters. The summed E-state index contributed by atoms with van der Waals surface area (Å²) in [6, 6.07) is -0.793. The zero-order chi connectivity index (χ0) is 18.3. The number of unbranched alkanes of at least 4 members (excludes halogenated alkanes) is 1. The lowest BCUT2D eigenvalue weighted by Gasteiger charge is -2.22. The molecule has 0 spiro atoms. The highest BCUT2D eigenvalue weighted by Crippen LogP contribution is 2.08. The number of alkyl carbamates (subject to hydrolysis) is 1. The quantitative estimate of drug-likeness (QED) is 0.308. The van der Waals surface area contributed by atoms with E-state index in [0.29, 0.717) is 6.42 Å². The van der Waals surface area contributed by atoms with Crippen molar-refractivity contribution in [1.29, 1.82) is 0 Å². The number of ether oxygens (including phenoxy) is 2. The number of aromatic nitrogens is 2. The Kier molecular flexibility index (Phi) is 10.1. The van der Waals surface area contributed by atoms with Gasteiger partial charge in [-0.1, -0.05) is 13.3 Å². The number of hydrogen-bond donors (Lipinski definition) is 1. The summed E-state index contributed by atoms with van der Waals surface area (Å²) in [6.45, 7) is 8.38. The van der Waals surface area contributed by atoms with E-state index in [4.69, 9.17) is 9.47 Å². The first-order chi connectivity index (χ1) is 11.2. The Morgan fingerprint density at radius 2 is 2.00 bits per heavy atom. The summed E-state index contributed by atoms with van der Waals surface area (Å²) >= 11 is 0. The maximum atomic E-state index is 12.0. The molecule has 0 bridgehead atoms. The van der Waals surface area contributed by atoms with Crippen LogP contribution in [0.4, 0.5) is 4.79 Å². The van der Waals surface area contributed by atoms with Crippen molar-refractivity contribution < 1.29 is 47.6 Å². The molecule has 0 radical (unpaired) electrons. The fourth-order valence-electron chi connectivity index (χ4n) is 2.27. The third-order valence-corrected chi connectivity index (χ3v) is 3.45. The first-order valence-electron chi connectivity index (χ1n) is 8.28. The summed E-state index contributed by atoms with van der Waals surface area (Å²) in [7, 11) is 3.22. The van der Waals surface area contributed by atoms with Gasteiger partial charge in [0.25, 0.3) is 0 Å². The minimum atomic E-state index is -0.793. The summed E-state index contributed by atoms with van der Waals surface area (Å²) in [6.07, 6.45) is 5.87. The molecule has 0 aliphatic heterocycles. The number of hydrogen-bond acceptors (Lipinski definition) is 4. The van der Waals surface area contributed by atoms with E-state index in [0.717, 1.165) is 25.1 Å². The van der Waals surface area contributed by atoms with Crippen LogP contribution >= 0.6 is 0 Å². The van der Waals surface area contributed by atoms with E-state index in [1.807, 2.05) is 24.1 Å². The number of esters is 1.